The quantitative estimate of drug-likeness (QED) is 0.167. The molecule has 1 aliphatic rings. The molecule has 4 aromatic rings. The van der Waals surface area contributed by atoms with E-state index >= 15 is 0 Å². The molecule has 41 heavy (non-hydrogen) atoms. The number of amides is 1. The molecule has 7 nitrogen and oxygen atoms in total. The number of nitrogens with one attached hydrogen (secondary N) is 1. The fourth-order valence-electron chi connectivity index (χ4n) is 4.64. The van der Waals surface area contributed by atoms with Crippen LogP contribution in [0, 0.1) is 13.8 Å². The summed E-state index contributed by atoms with van der Waals surface area (Å²) in [6.45, 7) is 3.45. The molecule has 0 atom stereocenters. The van der Waals surface area contributed by atoms with Crippen molar-refractivity contribution < 1.29 is 33.0 Å². The van der Waals surface area contributed by atoms with Crippen molar-refractivity contribution >= 4 is 46.3 Å². The number of aromatic hydroxyl groups is 1. The summed E-state index contributed by atoms with van der Waals surface area (Å²) >= 11 is 6.28. The fraction of sp³-hybridized carbons (Fsp3) is 0.100. The predicted molar refractivity (Wildman–Crippen MR) is 150 cm³/mol. The van der Waals surface area contributed by atoms with Gasteiger partial charge in [0.1, 0.15) is 5.75 Å². The van der Waals surface area contributed by atoms with E-state index in [1.54, 1.807) is 44.2 Å². The number of alkyl halides is 3. The number of carbonyl (C=O) groups is 2. The van der Waals surface area contributed by atoms with E-state index in [-0.39, 0.29) is 34.0 Å². The van der Waals surface area contributed by atoms with Crippen molar-refractivity contribution in [2.45, 2.75) is 20.0 Å². The number of fused-ring (bicyclic) bond motifs is 1. The van der Waals surface area contributed by atoms with E-state index < -0.39 is 23.6 Å². The summed E-state index contributed by atoms with van der Waals surface area (Å²) in [7, 11) is 0. The van der Waals surface area contributed by atoms with Crippen LogP contribution in [0.5, 0.6) is 5.75 Å². The summed E-state index contributed by atoms with van der Waals surface area (Å²) in [6.07, 6.45) is -4.64. The van der Waals surface area contributed by atoms with Gasteiger partial charge in [-0.2, -0.15) is 18.3 Å². The van der Waals surface area contributed by atoms with Crippen LogP contribution in [0.2, 0.25) is 5.02 Å². The van der Waals surface area contributed by atoms with E-state index in [1.807, 2.05) is 0 Å². The van der Waals surface area contributed by atoms with Crippen molar-refractivity contribution in [2.24, 2.45) is 5.10 Å². The number of carbonyl (C=O) groups excluding carboxylic acids is 1. The van der Waals surface area contributed by atoms with Crippen LogP contribution in [0.3, 0.4) is 0 Å². The third-order valence-corrected chi connectivity index (χ3v) is 7.25. The third kappa shape index (κ3) is 5.09. The van der Waals surface area contributed by atoms with E-state index in [4.69, 9.17) is 11.6 Å². The Balaban J connectivity index is 1.58. The highest BCUT2D eigenvalue weighted by atomic mass is 35.5. The lowest BCUT2D eigenvalue weighted by molar-refractivity contribution is -0.137. The molecule has 1 aliphatic heterocycles. The standard InChI is InChI=1S/C30H21ClF3N3O4/c1-15-11-20(12-16(2)25(15)31)37-24-14-19(30(32,33)34)9-10-22(24)26(28(37)39)36-35-23-8-4-7-21(27(23)38)17-5-3-6-18(13-17)29(40)41/h3-14,35,38H,1-2H3,(H,40,41). The number of phenols is 1. The van der Waals surface area contributed by atoms with E-state index in [0.717, 1.165) is 17.0 Å². The van der Waals surface area contributed by atoms with Crippen LogP contribution in [0.1, 0.15) is 32.6 Å². The smallest absolute Gasteiger partial charge is 0.416 e. The average Bonchev–Trinajstić information content (AvgIpc) is 3.20. The molecule has 0 unspecified atom stereocenters. The highest BCUT2D eigenvalue weighted by Gasteiger charge is 2.39. The molecule has 1 amide bonds. The number of aromatic carboxylic acids is 1. The van der Waals surface area contributed by atoms with Crippen molar-refractivity contribution in [2.75, 3.05) is 10.3 Å². The van der Waals surface area contributed by atoms with Crippen molar-refractivity contribution in [3.8, 4) is 16.9 Å². The Morgan fingerprint density at radius 1 is 0.951 bits per heavy atom. The predicted octanol–water partition coefficient (Wildman–Crippen LogP) is 7.54. The molecule has 0 fully saturated rings. The Bertz CT molecular complexity index is 1750. The van der Waals surface area contributed by atoms with Gasteiger partial charge in [0.15, 0.2) is 5.71 Å². The number of rotatable bonds is 5. The van der Waals surface area contributed by atoms with Gasteiger partial charge in [-0.15, -0.1) is 0 Å². The first-order valence-corrected chi connectivity index (χ1v) is 12.6. The molecular weight excluding hydrogens is 559 g/mol. The minimum absolute atomic E-state index is 0.00467. The van der Waals surface area contributed by atoms with Gasteiger partial charge in [0.2, 0.25) is 0 Å². The first kappa shape index (κ1) is 27.7. The first-order chi connectivity index (χ1) is 19.4. The van der Waals surface area contributed by atoms with Crippen LogP contribution >= 0.6 is 11.6 Å². The Morgan fingerprint density at radius 3 is 2.29 bits per heavy atom. The maximum atomic E-state index is 13.7. The largest absolute Gasteiger partial charge is 0.505 e. The summed E-state index contributed by atoms with van der Waals surface area (Å²) in [5, 5.41) is 24.9. The zero-order valence-electron chi connectivity index (χ0n) is 21.5. The summed E-state index contributed by atoms with van der Waals surface area (Å²) in [4.78, 5) is 26.2. The number of anilines is 3. The molecule has 0 aliphatic carbocycles. The zero-order chi connectivity index (χ0) is 29.6. The molecule has 0 radical (unpaired) electrons. The number of carboxylic acids is 1. The number of phenolic OH excluding ortho intramolecular Hbond substituents is 1. The third-order valence-electron chi connectivity index (χ3n) is 6.65. The number of hydrogen-bond acceptors (Lipinski definition) is 5. The number of nitrogens with zero attached hydrogens (tertiary/aromatic N) is 2. The van der Waals surface area contributed by atoms with E-state index in [2.05, 4.69) is 10.5 Å². The molecule has 5 rings (SSSR count). The van der Waals surface area contributed by atoms with Crippen LogP contribution in [0.25, 0.3) is 11.1 Å². The Hall–Kier alpha value is -4.83. The van der Waals surface area contributed by atoms with E-state index in [1.165, 1.54) is 30.3 Å². The molecule has 11 heteroatoms. The normalized spacial score (nSPS) is 14.0. The van der Waals surface area contributed by atoms with Crippen molar-refractivity contribution in [3.05, 3.63) is 106 Å². The van der Waals surface area contributed by atoms with Crippen molar-refractivity contribution in [1.82, 2.24) is 0 Å². The topological polar surface area (TPSA) is 102 Å². The second-order valence-corrected chi connectivity index (χ2v) is 9.80. The van der Waals surface area contributed by atoms with Crippen LogP contribution in [0.15, 0.2) is 77.9 Å². The van der Waals surface area contributed by atoms with E-state index in [0.29, 0.717) is 33.0 Å². The number of carboxylic acid groups (broad SMARTS) is 1. The molecular formula is C30H21ClF3N3O4. The van der Waals surface area contributed by atoms with Crippen LogP contribution < -0.4 is 10.3 Å². The maximum Gasteiger partial charge on any atom is 0.416 e. The Labute approximate surface area is 237 Å². The molecule has 0 spiro atoms. The fourth-order valence-corrected chi connectivity index (χ4v) is 4.75. The molecule has 0 aromatic heterocycles. The van der Waals surface area contributed by atoms with Crippen molar-refractivity contribution in [1.29, 1.82) is 0 Å². The van der Waals surface area contributed by atoms with Gasteiger partial charge in [-0.3, -0.25) is 15.1 Å². The number of hydrogen-bond donors (Lipinski definition) is 3. The highest BCUT2D eigenvalue weighted by Crippen LogP contribution is 2.42. The molecule has 0 bridgehead atoms. The lowest BCUT2D eigenvalue weighted by Gasteiger charge is -2.20. The number of para-hydroxylation sites is 1. The monoisotopic (exact) mass is 579 g/mol. The number of hydrazone groups is 1. The van der Waals surface area contributed by atoms with Crippen LogP contribution in [-0.4, -0.2) is 27.8 Å². The molecule has 0 saturated heterocycles. The van der Waals surface area contributed by atoms with Crippen LogP contribution in [0.4, 0.5) is 30.2 Å². The lowest BCUT2D eigenvalue weighted by Crippen LogP contribution is -2.26. The summed E-state index contributed by atoms with van der Waals surface area (Å²) < 4.78 is 40.8. The van der Waals surface area contributed by atoms with Gasteiger partial charge in [-0.05, 0) is 79.1 Å². The summed E-state index contributed by atoms with van der Waals surface area (Å²) in [5.41, 5.74) is 4.16. The molecule has 0 saturated carbocycles. The highest BCUT2D eigenvalue weighted by molar-refractivity contribution is 6.55. The van der Waals surface area contributed by atoms with Gasteiger partial charge in [-0.1, -0.05) is 35.9 Å². The average molecular weight is 580 g/mol. The molecule has 208 valence electrons. The van der Waals surface area contributed by atoms with Gasteiger partial charge < -0.3 is 10.2 Å². The van der Waals surface area contributed by atoms with E-state index in [9.17, 15) is 33.0 Å². The Morgan fingerprint density at radius 2 is 1.63 bits per heavy atom. The molecule has 1 heterocycles. The first-order valence-electron chi connectivity index (χ1n) is 12.2. The summed E-state index contributed by atoms with van der Waals surface area (Å²) in [6, 6.07) is 16.8. The number of benzene rings is 4. The number of halogens is 4. The number of aryl methyl sites for hydroxylation is 2. The minimum atomic E-state index is -4.64. The van der Waals surface area contributed by atoms with Gasteiger partial charge in [0, 0.05) is 21.8 Å². The second kappa shape index (κ2) is 10.3. The van der Waals surface area contributed by atoms with Crippen molar-refractivity contribution in [3.63, 3.8) is 0 Å². The van der Waals surface area contributed by atoms with Crippen LogP contribution in [-0.2, 0) is 11.0 Å². The maximum absolute atomic E-state index is 13.7. The summed E-state index contributed by atoms with van der Waals surface area (Å²) in [5.74, 6) is -2.08. The zero-order valence-corrected chi connectivity index (χ0v) is 22.3. The van der Waals surface area contributed by atoms with Gasteiger partial charge in [-0.25, -0.2) is 4.79 Å². The van der Waals surface area contributed by atoms with Gasteiger partial charge in [0.05, 0.1) is 22.5 Å². The minimum Gasteiger partial charge on any atom is -0.505 e. The lowest BCUT2D eigenvalue weighted by atomic mass is 10.0. The SMILES string of the molecule is Cc1cc(N2C(=O)C(=NNc3cccc(-c4cccc(C(=O)O)c4)c3O)c3ccc(C(F)(F)F)cc32)cc(C)c1Cl. The second-order valence-electron chi connectivity index (χ2n) is 9.42. The van der Waals surface area contributed by atoms with Gasteiger partial charge >= 0.3 is 12.1 Å². The van der Waals surface area contributed by atoms with Gasteiger partial charge in [0.25, 0.3) is 5.91 Å². The Kier molecular flexibility index (Phi) is 6.96. The molecule has 4 aromatic carbocycles. The molecule has 3 N–H and O–H groups in total.